The number of ether oxygens (including phenoxy) is 1. The summed E-state index contributed by atoms with van der Waals surface area (Å²) in [5.74, 6) is 0.829. The highest BCUT2D eigenvalue weighted by atomic mass is 16.5. The van der Waals surface area contributed by atoms with Crippen molar-refractivity contribution in [2.45, 2.75) is 46.1 Å². The largest absolute Gasteiger partial charge is 0.493 e. The van der Waals surface area contributed by atoms with Gasteiger partial charge in [-0.15, -0.1) is 0 Å². The van der Waals surface area contributed by atoms with Crippen molar-refractivity contribution in [3.05, 3.63) is 54.1 Å². The molecule has 2 aromatic rings. The molecule has 2 aromatic carbocycles. The van der Waals surface area contributed by atoms with Crippen LogP contribution in [0.1, 0.15) is 51.6 Å². The van der Waals surface area contributed by atoms with Crippen molar-refractivity contribution in [1.29, 1.82) is 0 Å². The lowest BCUT2D eigenvalue weighted by Gasteiger charge is -2.37. The first-order chi connectivity index (χ1) is 13.5. The summed E-state index contributed by atoms with van der Waals surface area (Å²) in [6.07, 6.45) is 2.34. The van der Waals surface area contributed by atoms with E-state index in [9.17, 15) is 4.79 Å². The molecule has 28 heavy (non-hydrogen) atoms. The van der Waals surface area contributed by atoms with Crippen molar-refractivity contribution in [2.75, 3.05) is 11.9 Å². The van der Waals surface area contributed by atoms with Crippen LogP contribution in [0.15, 0.2) is 53.5 Å². The second-order valence-electron chi connectivity index (χ2n) is 8.59. The van der Waals surface area contributed by atoms with Crippen molar-refractivity contribution in [1.82, 2.24) is 0 Å². The molecular formula is C24H28N2O2. The number of rotatable bonds is 4. The van der Waals surface area contributed by atoms with Gasteiger partial charge in [-0.1, -0.05) is 51.1 Å². The van der Waals surface area contributed by atoms with Gasteiger partial charge in [-0.3, -0.25) is 9.79 Å². The van der Waals surface area contributed by atoms with Crippen LogP contribution in [0.25, 0.3) is 0 Å². The first kappa shape index (κ1) is 18.7. The van der Waals surface area contributed by atoms with Gasteiger partial charge in [-0.2, -0.15) is 0 Å². The monoisotopic (exact) mass is 376 g/mol. The van der Waals surface area contributed by atoms with E-state index in [1.165, 1.54) is 0 Å². The van der Waals surface area contributed by atoms with Crippen molar-refractivity contribution >= 4 is 22.9 Å². The molecule has 146 valence electrons. The van der Waals surface area contributed by atoms with Crippen molar-refractivity contribution < 1.29 is 9.53 Å². The Balaban J connectivity index is 1.84. The number of ketones is 1. The number of benzene rings is 2. The maximum Gasteiger partial charge on any atom is 0.144 e. The third-order valence-electron chi connectivity index (χ3n) is 5.55. The molecule has 0 aromatic heterocycles. The Morgan fingerprint density at radius 3 is 2.68 bits per heavy atom. The molecule has 1 aliphatic heterocycles. The Bertz CT molecular complexity index is 916. The van der Waals surface area contributed by atoms with E-state index in [1.54, 1.807) is 0 Å². The lowest BCUT2D eigenvalue weighted by molar-refractivity contribution is -0.124. The van der Waals surface area contributed by atoms with Gasteiger partial charge in [0, 0.05) is 17.7 Å². The van der Waals surface area contributed by atoms with Gasteiger partial charge in [0.2, 0.25) is 0 Å². The van der Waals surface area contributed by atoms with Crippen LogP contribution in [-0.2, 0) is 4.79 Å². The average molecular weight is 377 g/mol. The minimum atomic E-state index is -0.271. The molecule has 4 heteroatoms. The summed E-state index contributed by atoms with van der Waals surface area (Å²) in [7, 11) is 0. The molecule has 4 rings (SSSR count). The molecule has 0 unspecified atom stereocenters. The summed E-state index contributed by atoms with van der Waals surface area (Å²) in [5, 5.41) is 3.63. The number of anilines is 1. The van der Waals surface area contributed by atoms with Gasteiger partial charge in [-0.05, 0) is 36.5 Å². The number of hydrogen-bond acceptors (Lipinski definition) is 4. The van der Waals surface area contributed by atoms with Crippen LogP contribution in [0.2, 0.25) is 0 Å². The fraction of sp³-hybridized carbons (Fsp3) is 0.417. The molecule has 2 aliphatic rings. The fourth-order valence-electron chi connectivity index (χ4n) is 4.35. The lowest BCUT2D eigenvalue weighted by atomic mass is 9.68. The summed E-state index contributed by atoms with van der Waals surface area (Å²) in [6.45, 7) is 7.07. The van der Waals surface area contributed by atoms with Gasteiger partial charge in [0.15, 0.2) is 0 Å². The zero-order valence-corrected chi connectivity index (χ0v) is 16.9. The zero-order chi connectivity index (χ0) is 19.7. The Kier molecular flexibility index (Phi) is 4.96. The Labute approximate surface area is 167 Å². The van der Waals surface area contributed by atoms with Gasteiger partial charge in [0.25, 0.3) is 0 Å². The summed E-state index contributed by atoms with van der Waals surface area (Å²) in [5.41, 5.74) is 3.81. The van der Waals surface area contributed by atoms with Crippen molar-refractivity contribution in [3.8, 4) is 5.75 Å². The van der Waals surface area contributed by atoms with E-state index >= 15 is 0 Å². The summed E-state index contributed by atoms with van der Waals surface area (Å²) < 4.78 is 6.03. The molecule has 1 fully saturated rings. The topological polar surface area (TPSA) is 50.7 Å². The molecule has 1 saturated carbocycles. The van der Waals surface area contributed by atoms with Gasteiger partial charge in [0.05, 0.1) is 29.9 Å². The fourth-order valence-corrected chi connectivity index (χ4v) is 4.35. The maximum atomic E-state index is 13.3. The van der Waals surface area contributed by atoms with Crippen LogP contribution in [0, 0.1) is 11.3 Å². The molecule has 0 spiro atoms. The van der Waals surface area contributed by atoms with Crippen LogP contribution in [0.4, 0.5) is 11.4 Å². The number of hydrogen-bond donors (Lipinski definition) is 1. The summed E-state index contributed by atoms with van der Waals surface area (Å²) >= 11 is 0. The summed E-state index contributed by atoms with van der Waals surface area (Å²) in [6, 6.07) is 15.9. The highest BCUT2D eigenvalue weighted by Gasteiger charge is 2.44. The van der Waals surface area contributed by atoms with Crippen LogP contribution in [-0.4, -0.2) is 18.1 Å². The normalized spacial score (nSPS) is 23.0. The SMILES string of the molecule is CCCOc1ccccc1[C@H]1Nc2ccccc2N=C2CC(C)(C)CC(=O)[C@H]21. The summed E-state index contributed by atoms with van der Waals surface area (Å²) in [4.78, 5) is 18.3. The zero-order valence-electron chi connectivity index (χ0n) is 16.9. The van der Waals surface area contributed by atoms with Crippen molar-refractivity contribution in [2.24, 2.45) is 16.3 Å². The Hall–Kier alpha value is -2.62. The van der Waals surface area contributed by atoms with Crippen molar-refractivity contribution in [3.63, 3.8) is 0 Å². The third-order valence-corrected chi connectivity index (χ3v) is 5.55. The van der Waals surface area contributed by atoms with E-state index in [0.29, 0.717) is 13.0 Å². The number of para-hydroxylation sites is 3. The number of nitrogens with zero attached hydrogens (tertiary/aromatic N) is 1. The molecule has 1 aliphatic carbocycles. The molecule has 2 atom stereocenters. The van der Waals surface area contributed by atoms with E-state index in [1.807, 2.05) is 42.5 Å². The minimum absolute atomic E-state index is 0.0610. The Morgan fingerprint density at radius 1 is 1.11 bits per heavy atom. The standard InChI is InChI=1S/C24H28N2O2/c1-4-13-28-21-12-8-5-9-16(21)23-22-19(14-24(2,3)15-20(22)27)25-17-10-6-7-11-18(17)26-23/h5-12,22-23,26H,4,13-15H2,1-3H3/t22-,23+/m0/s1. The van der Waals surface area contributed by atoms with E-state index in [0.717, 1.165) is 41.2 Å². The molecular weight excluding hydrogens is 348 g/mol. The molecule has 0 amide bonds. The van der Waals surface area contributed by atoms with E-state index in [-0.39, 0.29) is 23.2 Å². The van der Waals surface area contributed by atoms with Crippen LogP contribution in [0.5, 0.6) is 5.75 Å². The quantitative estimate of drug-likeness (QED) is 0.742. The molecule has 1 N–H and O–H groups in total. The van der Waals surface area contributed by atoms with Crippen LogP contribution in [0.3, 0.4) is 0 Å². The van der Waals surface area contributed by atoms with E-state index in [2.05, 4.69) is 32.2 Å². The number of fused-ring (bicyclic) bond motifs is 2. The average Bonchev–Trinajstić information content (AvgIpc) is 2.82. The predicted molar refractivity (Wildman–Crippen MR) is 114 cm³/mol. The predicted octanol–water partition coefficient (Wildman–Crippen LogP) is 5.72. The first-order valence-corrected chi connectivity index (χ1v) is 10.2. The van der Waals surface area contributed by atoms with Crippen LogP contribution >= 0.6 is 0 Å². The highest BCUT2D eigenvalue weighted by molar-refractivity contribution is 6.10. The molecule has 0 radical (unpaired) electrons. The van der Waals surface area contributed by atoms with Crippen LogP contribution < -0.4 is 10.1 Å². The Morgan fingerprint density at radius 2 is 1.86 bits per heavy atom. The maximum absolute atomic E-state index is 13.3. The molecule has 1 heterocycles. The lowest BCUT2D eigenvalue weighted by Crippen LogP contribution is -2.42. The third kappa shape index (κ3) is 3.56. The van der Waals surface area contributed by atoms with E-state index < -0.39 is 0 Å². The van der Waals surface area contributed by atoms with Gasteiger partial charge < -0.3 is 10.1 Å². The second kappa shape index (κ2) is 7.42. The number of carbonyl (C=O) groups excluding carboxylic acids is 1. The smallest absolute Gasteiger partial charge is 0.144 e. The molecule has 4 nitrogen and oxygen atoms in total. The number of Topliss-reactive ketones (excluding diaryl/α,β-unsaturated/α-hetero) is 1. The highest BCUT2D eigenvalue weighted by Crippen LogP contribution is 2.46. The van der Waals surface area contributed by atoms with Gasteiger partial charge in [-0.25, -0.2) is 0 Å². The molecule has 0 bridgehead atoms. The number of aliphatic imine (C=N–C) groups is 1. The van der Waals surface area contributed by atoms with E-state index in [4.69, 9.17) is 9.73 Å². The number of carbonyl (C=O) groups is 1. The number of nitrogens with one attached hydrogen (secondary N) is 1. The first-order valence-electron chi connectivity index (χ1n) is 10.2. The van der Waals surface area contributed by atoms with Gasteiger partial charge in [0.1, 0.15) is 11.5 Å². The molecule has 0 saturated heterocycles. The second-order valence-corrected chi connectivity index (χ2v) is 8.59. The minimum Gasteiger partial charge on any atom is -0.493 e. The van der Waals surface area contributed by atoms with Gasteiger partial charge >= 0.3 is 0 Å².